The molecule has 1 heterocycles. The summed E-state index contributed by atoms with van der Waals surface area (Å²) in [6.45, 7) is 1.28. The zero-order chi connectivity index (χ0) is 5.45. The van der Waals surface area contributed by atoms with Gasteiger partial charge in [0.15, 0.2) is 0 Å². The molecule has 1 unspecified atom stereocenters. The maximum atomic E-state index is 5.30. The van der Waals surface area contributed by atoms with Crippen LogP contribution in [0.3, 0.4) is 0 Å². The van der Waals surface area contributed by atoms with Gasteiger partial charge in [0.05, 0.1) is 12.2 Å². The minimum absolute atomic E-state index is 0.0694. The van der Waals surface area contributed by atoms with Gasteiger partial charge < -0.3 is 9.47 Å². The van der Waals surface area contributed by atoms with E-state index in [4.69, 9.17) is 9.47 Å². The second kappa shape index (κ2) is 1.45. The molecule has 0 aromatic heterocycles. The van der Waals surface area contributed by atoms with E-state index in [0.29, 0.717) is 6.79 Å². The van der Waals surface area contributed by atoms with Crippen LogP contribution in [0.2, 0.25) is 0 Å². The van der Waals surface area contributed by atoms with E-state index in [2.05, 4.69) is 6.42 Å². The predicted octanol–water partition coefficient (Wildman–Crippen LogP) is 0.728. The van der Waals surface area contributed by atoms with E-state index in [1.807, 2.05) is 0 Å². The van der Waals surface area contributed by atoms with Crippen molar-refractivity contribution in [2.45, 2.75) is 18.4 Å². The fourth-order valence-electron chi connectivity index (χ4n) is 1.14. The van der Waals surface area contributed by atoms with Crippen molar-refractivity contribution in [3.63, 3.8) is 0 Å². The summed E-state index contributed by atoms with van der Waals surface area (Å²) in [5.41, 5.74) is 0.0694. The number of hydrogen-bond acceptors (Lipinski definition) is 2. The van der Waals surface area contributed by atoms with Gasteiger partial charge >= 0.3 is 0 Å². The monoisotopic (exact) mass is 113 g/mol. The molecule has 2 aliphatic rings. The highest BCUT2D eigenvalue weighted by Crippen LogP contribution is 2.37. The maximum Gasteiger partial charge on any atom is 0.147 e. The standard InChI is InChI=1S/C6H9O2/c1-2-6(3-1)4-7-5-8-6/h2H,1,3-5H2. The lowest BCUT2D eigenvalue weighted by Gasteiger charge is -2.34. The highest BCUT2D eigenvalue weighted by Gasteiger charge is 2.42. The van der Waals surface area contributed by atoms with Gasteiger partial charge in [-0.05, 0) is 19.3 Å². The summed E-state index contributed by atoms with van der Waals surface area (Å²) in [6.07, 6.45) is 4.55. The van der Waals surface area contributed by atoms with E-state index >= 15 is 0 Å². The van der Waals surface area contributed by atoms with Crippen LogP contribution in [-0.4, -0.2) is 19.0 Å². The Hall–Kier alpha value is -0.0800. The second-order valence-corrected chi connectivity index (χ2v) is 2.42. The first-order chi connectivity index (χ1) is 3.91. The third-order valence-corrected chi connectivity index (χ3v) is 1.86. The van der Waals surface area contributed by atoms with Gasteiger partial charge in [-0.3, -0.25) is 0 Å². The fourth-order valence-corrected chi connectivity index (χ4v) is 1.14. The van der Waals surface area contributed by atoms with E-state index in [1.54, 1.807) is 0 Å². The Morgan fingerprint density at radius 1 is 1.50 bits per heavy atom. The van der Waals surface area contributed by atoms with E-state index in [0.717, 1.165) is 13.0 Å². The molecule has 8 heavy (non-hydrogen) atoms. The van der Waals surface area contributed by atoms with Crippen LogP contribution >= 0.6 is 0 Å². The maximum absolute atomic E-state index is 5.30. The van der Waals surface area contributed by atoms with Crippen molar-refractivity contribution in [1.29, 1.82) is 0 Å². The Kier molecular flexibility index (Phi) is 0.866. The summed E-state index contributed by atoms with van der Waals surface area (Å²) in [5.74, 6) is 0. The lowest BCUT2D eigenvalue weighted by Crippen LogP contribution is -2.39. The smallest absolute Gasteiger partial charge is 0.147 e. The van der Waals surface area contributed by atoms with Gasteiger partial charge in [0.1, 0.15) is 6.79 Å². The van der Waals surface area contributed by atoms with Gasteiger partial charge in [-0.1, -0.05) is 0 Å². The topological polar surface area (TPSA) is 18.5 Å². The van der Waals surface area contributed by atoms with Gasteiger partial charge in [-0.2, -0.15) is 0 Å². The first kappa shape index (κ1) is 4.77. The van der Waals surface area contributed by atoms with Crippen molar-refractivity contribution >= 4 is 0 Å². The minimum atomic E-state index is 0.0694. The average Bonchev–Trinajstić information content (AvgIpc) is 2.07. The summed E-state index contributed by atoms with van der Waals surface area (Å²) in [4.78, 5) is 0. The first-order valence-electron chi connectivity index (χ1n) is 2.97. The predicted molar refractivity (Wildman–Crippen MR) is 28.2 cm³/mol. The molecule has 0 amide bonds. The highest BCUT2D eigenvalue weighted by atomic mass is 16.7. The number of hydrogen-bond donors (Lipinski definition) is 0. The van der Waals surface area contributed by atoms with Crippen LogP contribution in [-0.2, 0) is 9.47 Å². The van der Waals surface area contributed by atoms with Crippen molar-refractivity contribution in [3.05, 3.63) is 6.42 Å². The van der Waals surface area contributed by atoms with Crippen LogP contribution in [0.5, 0.6) is 0 Å². The molecule has 1 spiro atoms. The molecular formula is C6H9O2. The van der Waals surface area contributed by atoms with Crippen molar-refractivity contribution in [3.8, 4) is 0 Å². The quantitative estimate of drug-likeness (QED) is 0.461. The van der Waals surface area contributed by atoms with Crippen LogP contribution in [0, 0.1) is 6.42 Å². The normalized spacial score (nSPS) is 33.0. The molecule has 2 fully saturated rings. The third-order valence-electron chi connectivity index (χ3n) is 1.86. The first-order valence-corrected chi connectivity index (χ1v) is 2.97. The molecule has 2 nitrogen and oxygen atoms in total. The molecular weight excluding hydrogens is 104 g/mol. The Balaban J connectivity index is 2.01. The molecule has 45 valence electrons. The molecule has 0 aromatic rings. The largest absolute Gasteiger partial charge is 0.352 e. The summed E-state index contributed by atoms with van der Waals surface area (Å²) >= 11 is 0. The Bertz CT molecular complexity index is 88.7. The molecule has 2 heteroatoms. The number of ether oxygens (including phenoxy) is 2. The molecule has 1 saturated heterocycles. The van der Waals surface area contributed by atoms with Gasteiger partial charge in [0.25, 0.3) is 0 Å². The Morgan fingerprint density at radius 2 is 2.38 bits per heavy atom. The molecule has 2 rings (SSSR count). The zero-order valence-electron chi connectivity index (χ0n) is 4.72. The highest BCUT2D eigenvalue weighted by molar-refractivity contribution is 5.06. The van der Waals surface area contributed by atoms with Crippen LogP contribution in [0.1, 0.15) is 12.8 Å². The van der Waals surface area contributed by atoms with Crippen molar-refractivity contribution in [2.24, 2.45) is 0 Å². The Morgan fingerprint density at radius 3 is 2.62 bits per heavy atom. The Labute approximate surface area is 48.8 Å². The summed E-state index contributed by atoms with van der Waals surface area (Å²) in [5, 5.41) is 0. The van der Waals surface area contributed by atoms with Crippen molar-refractivity contribution in [2.75, 3.05) is 13.4 Å². The van der Waals surface area contributed by atoms with E-state index in [1.165, 1.54) is 6.42 Å². The molecule has 1 atom stereocenters. The van der Waals surface area contributed by atoms with Gasteiger partial charge in [-0.15, -0.1) is 0 Å². The molecule has 0 aromatic carbocycles. The van der Waals surface area contributed by atoms with Crippen LogP contribution in [0.15, 0.2) is 0 Å². The molecule has 1 radical (unpaired) electrons. The van der Waals surface area contributed by atoms with Gasteiger partial charge in [-0.25, -0.2) is 0 Å². The molecule has 1 aliphatic carbocycles. The molecule has 0 N–H and O–H groups in total. The van der Waals surface area contributed by atoms with Crippen LogP contribution < -0.4 is 0 Å². The van der Waals surface area contributed by atoms with Crippen LogP contribution in [0.4, 0.5) is 0 Å². The van der Waals surface area contributed by atoms with E-state index in [9.17, 15) is 0 Å². The van der Waals surface area contributed by atoms with Crippen molar-refractivity contribution in [1.82, 2.24) is 0 Å². The molecule has 0 bridgehead atoms. The zero-order valence-corrected chi connectivity index (χ0v) is 4.72. The fraction of sp³-hybridized carbons (Fsp3) is 0.833. The minimum Gasteiger partial charge on any atom is -0.352 e. The van der Waals surface area contributed by atoms with Gasteiger partial charge in [0.2, 0.25) is 0 Å². The SMILES string of the molecule is [CH]1CCC12COCO2. The summed E-state index contributed by atoms with van der Waals surface area (Å²) < 4.78 is 10.3. The van der Waals surface area contributed by atoms with Gasteiger partial charge in [0, 0.05) is 0 Å². The molecule has 1 aliphatic heterocycles. The van der Waals surface area contributed by atoms with Crippen molar-refractivity contribution < 1.29 is 9.47 Å². The molecule has 1 saturated carbocycles. The lowest BCUT2D eigenvalue weighted by molar-refractivity contribution is -0.0190. The van der Waals surface area contributed by atoms with Crippen LogP contribution in [0.25, 0.3) is 0 Å². The third kappa shape index (κ3) is 0.501. The van der Waals surface area contributed by atoms with E-state index < -0.39 is 0 Å². The summed E-state index contributed by atoms with van der Waals surface area (Å²) in [7, 11) is 0. The number of rotatable bonds is 0. The average molecular weight is 113 g/mol. The van der Waals surface area contributed by atoms with E-state index in [-0.39, 0.29) is 5.60 Å². The summed E-state index contributed by atoms with van der Waals surface area (Å²) in [6, 6.07) is 0. The lowest BCUT2D eigenvalue weighted by atomic mass is 9.81. The second-order valence-electron chi connectivity index (χ2n) is 2.42.